The molecule has 2 N–H and O–H groups in total. The Morgan fingerprint density at radius 2 is 1.66 bits per heavy atom. The number of carboxylic acids is 1. The largest absolute Gasteiger partial charge is 0.481 e. The van der Waals surface area contributed by atoms with Gasteiger partial charge in [-0.05, 0) is 111 Å². The zero-order valence-corrected chi connectivity index (χ0v) is 27.3. The Bertz CT molecular complexity index is 1620. The van der Waals surface area contributed by atoms with Crippen LogP contribution in [0.5, 0.6) is 0 Å². The lowest BCUT2D eigenvalue weighted by Crippen LogP contribution is -2.56. The first-order chi connectivity index (χ1) is 22.6. The van der Waals surface area contributed by atoms with Gasteiger partial charge in [-0.25, -0.2) is 13.6 Å². The van der Waals surface area contributed by atoms with Crippen molar-refractivity contribution in [3.8, 4) is 0 Å². The van der Waals surface area contributed by atoms with Crippen LogP contribution in [-0.2, 0) is 32.6 Å². The lowest BCUT2D eigenvalue weighted by molar-refractivity contribution is -0.143. The molecule has 3 atom stereocenters. The minimum atomic E-state index is -0.986. The highest BCUT2D eigenvalue weighted by Gasteiger charge is 2.46. The highest BCUT2D eigenvalue weighted by Crippen LogP contribution is 2.39. The number of fused-ring (bicyclic) bond motifs is 1. The van der Waals surface area contributed by atoms with Gasteiger partial charge >= 0.3 is 12.0 Å². The average molecular weight is 650 g/mol. The standard InChI is InChI=1S/C37H45F2N3O5/c1-3-32-30(21-24-12-18-47-19-13-24)29-10-9-28(39)22-33(29)42(32)36(46)41-16-14-37(15-17-41,26-5-7-27(38)8-6-26)35(45)40-31-11-4-25(34(43)44)20-23(31)2/h5-10,22-25,31H,3-4,11-21H2,1-2H3,(H,40,45)(H,43,44)/t23-,25-,31-/m0/s1. The predicted octanol–water partition coefficient (Wildman–Crippen LogP) is 6.46. The van der Waals surface area contributed by atoms with Gasteiger partial charge in [-0.2, -0.15) is 0 Å². The van der Waals surface area contributed by atoms with Crippen LogP contribution >= 0.6 is 0 Å². The van der Waals surface area contributed by atoms with Crippen molar-refractivity contribution in [1.29, 1.82) is 0 Å². The Labute approximate surface area is 274 Å². The maximum atomic E-state index is 14.7. The van der Waals surface area contributed by atoms with Crippen LogP contribution in [0.1, 0.15) is 75.6 Å². The van der Waals surface area contributed by atoms with Crippen molar-refractivity contribution < 1.29 is 33.0 Å². The Morgan fingerprint density at radius 3 is 2.30 bits per heavy atom. The van der Waals surface area contributed by atoms with Crippen LogP contribution in [0.3, 0.4) is 0 Å². The Morgan fingerprint density at radius 1 is 0.979 bits per heavy atom. The van der Waals surface area contributed by atoms with E-state index in [1.54, 1.807) is 27.7 Å². The summed E-state index contributed by atoms with van der Waals surface area (Å²) in [4.78, 5) is 41.9. The number of rotatable bonds is 7. The van der Waals surface area contributed by atoms with E-state index in [1.165, 1.54) is 24.3 Å². The van der Waals surface area contributed by atoms with Crippen molar-refractivity contribution in [2.24, 2.45) is 17.8 Å². The number of amides is 2. The number of hydrogen-bond acceptors (Lipinski definition) is 4. The number of nitrogens with zero attached hydrogens (tertiary/aromatic N) is 2. The Balaban J connectivity index is 1.27. The van der Waals surface area contributed by atoms with Crippen LogP contribution < -0.4 is 5.32 Å². The third-order valence-electron chi connectivity index (χ3n) is 11.1. The number of likely N-dealkylation sites (tertiary alicyclic amines) is 1. The monoisotopic (exact) mass is 649 g/mol. The molecule has 3 heterocycles. The molecule has 0 radical (unpaired) electrons. The van der Waals surface area contributed by atoms with Crippen molar-refractivity contribution in [3.63, 3.8) is 0 Å². The summed E-state index contributed by atoms with van der Waals surface area (Å²) in [5.74, 6) is -1.77. The summed E-state index contributed by atoms with van der Waals surface area (Å²) < 4.78 is 35.9. The molecule has 252 valence electrons. The lowest BCUT2D eigenvalue weighted by atomic mass is 9.71. The molecule has 0 spiro atoms. The lowest BCUT2D eigenvalue weighted by Gasteiger charge is -2.43. The molecule has 47 heavy (non-hydrogen) atoms. The van der Waals surface area contributed by atoms with Gasteiger partial charge in [0.05, 0.1) is 16.8 Å². The van der Waals surface area contributed by atoms with E-state index < -0.39 is 28.9 Å². The molecule has 3 aliphatic rings. The average Bonchev–Trinajstić information content (AvgIpc) is 3.37. The molecule has 1 aliphatic carbocycles. The van der Waals surface area contributed by atoms with Crippen molar-refractivity contribution in [1.82, 2.24) is 14.8 Å². The van der Waals surface area contributed by atoms with E-state index in [2.05, 4.69) is 5.32 Å². The number of aromatic nitrogens is 1. The number of hydrogen-bond donors (Lipinski definition) is 2. The highest BCUT2D eigenvalue weighted by atomic mass is 19.1. The fourth-order valence-electron chi connectivity index (χ4n) is 8.22. The van der Waals surface area contributed by atoms with Crippen molar-refractivity contribution in [2.45, 2.75) is 83.1 Å². The number of carbonyl (C=O) groups is 3. The second-order valence-electron chi connectivity index (χ2n) is 13.8. The maximum absolute atomic E-state index is 14.7. The van der Waals surface area contributed by atoms with Gasteiger partial charge < -0.3 is 20.1 Å². The van der Waals surface area contributed by atoms with E-state index in [4.69, 9.17) is 4.74 Å². The number of benzene rings is 2. The van der Waals surface area contributed by atoms with Crippen molar-refractivity contribution >= 4 is 28.8 Å². The molecule has 10 heteroatoms. The van der Waals surface area contributed by atoms with Gasteiger partial charge in [0.2, 0.25) is 5.91 Å². The van der Waals surface area contributed by atoms with Gasteiger partial charge in [0.25, 0.3) is 0 Å². The number of piperidine rings is 1. The first kappa shape index (κ1) is 33.1. The second-order valence-corrected chi connectivity index (χ2v) is 13.8. The number of nitrogens with one attached hydrogen (secondary N) is 1. The Kier molecular flexibility index (Phi) is 9.69. The molecular formula is C37H45F2N3O5. The molecule has 3 aromatic rings. The van der Waals surface area contributed by atoms with Crippen LogP contribution in [-0.4, -0.2) is 64.8 Å². The van der Waals surface area contributed by atoms with Crippen LogP contribution in [0.25, 0.3) is 10.9 Å². The fourth-order valence-corrected chi connectivity index (χ4v) is 8.22. The molecule has 0 unspecified atom stereocenters. The summed E-state index contributed by atoms with van der Waals surface area (Å²) >= 11 is 0. The molecule has 2 amide bonds. The van der Waals surface area contributed by atoms with Crippen LogP contribution in [0.15, 0.2) is 42.5 Å². The molecule has 1 aromatic heterocycles. The second kappa shape index (κ2) is 13.7. The van der Waals surface area contributed by atoms with Crippen molar-refractivity contribution in [3.05, 3.63) is 70.9 Å². The zero-order chi connectivity index (χ0) is 33.3. The van der Waals surface area contributed by atoms with Gasteiger partial charge in [0, 0.05) is 43.4 Å². The smallest absolute Gasteiger partial charge is 0.328 e. The SMILES string of the molecule is CCc1c(CC2CCOCC2)c2ccc(F)cc2n1C(=O)N1CCC(C(=O)N[C@H]2CC[C@H](C(=O)O)C[C@@H]2C)(c2ccc(F)cc2)CC1. The quantitative estimate of drug-likeness (QED) is 0.306. The summed E-state index contributed by atoms with van der Waals surface area (Å²) in [6, 6.07) is 10.3. The van der Waals surface area contributed by atoms with Crippen LogP contribution in [0.2, 0.25) is 0 Å². The first-order valence-corrected chi connectivity index (χ1v) is 17.1. The number of aliphatic carboxylic acids is 1. The van der Waals surface area contributed by atoms with E-state index in [9.17, 15) is 28.3 Å². The zero-order valence-electron chi connectivity index (χ0n) is 27.3. The third kappa shape index (κ3) is 6.53. The summed E-state index contributed by atoms with van der Waals surface area (Å²) in [5, 5.41) is 13.6. The number of ether oxygens (including phenoxy) is 1. The molecule has 0 bridgehead atoms. The van der Waals surface area contributed by atoms with Crippen LogP contribution in [0, 0.1) is 29.4 Å². The fraction of sp³-hybridized carbons (Fsp3) is 0.541. The van der Waals surface area contributed by atoms with E-state index in [0.717, 1.165) is 49.1 Å². The van der Waals surface area contributed by atoms with Gasteiger partial charge in [-0.3, -0.25) is 14.2 Å². The van der Waals surface area contributed by atoms with E-state index >= 15 is 0 Å². The summed E-state index contributed by atoms with van der Waals surface area (Å²) in [5.41, 5.74) is 2.25. The molecule has 3 fully saturated rings. The van der Waals surface area contributed by atoms with E-state index in [0.29, 0.717) is 68.6 Å². The molecule has 2 aromatic carbocycles. The summed E-state index contributed by atoms with van der Waals surface area (Å²) in [7, 11) is 0. The highest BCUT2D eigenvalue weighted by molar-refractivity contribution is 5.96. The normalized spacial score (nSPS) is 23.5. The van der Waals surface area contributed by atoms with Gasteiger partial charge in [-0.1, -0.05) is 26.0 Å². The number of carbonyl (C=O) groups excluding carboxylic acids is 2. The van der Waals surface area contributed by atoms with Crippen LogP contribution in [0.4, 0.5) is 13.6 Å². The topological polar surface area (TPSA) is 101 Å². The maximum Gasteiger partial charge on any atom is 0.328 e. The minimum absolute atomic E-state index is 0.00838. The molecule has 1 saturated carbocycles. The summed E-state index contributed by atoms with van der Waals surface area (Å²) in [6.07, 6.45) is 5.54. The number of halogens is 2. The predicted molar refractivity (Wildman–Crippen MR) is 174 cm³/mol. The molecular weight excluding hydrogens is 604 g/mol. The molecule has 6 rings (SSSR count). The van der Waals surface area contributed by atoms with Gasteiger partial charge in [0.15, 0.2) is 0 Å². The van der Waals surface area contributed by atoms with Crippen molar-refractivity contribution in [2.75, 3.05) is 26.3 Å². The first-order valence-electron chi connectivity index (χ1n) is 17.1. The third-order valence-corrected chi connectivity index (χ3v) is 11.1. The Hall–Kier alpha value is -3.79. The number of carboxylic acid groups (broad SMARTS) is 1. The summed E-state index contributed by atoms with van der Waals surface area (Å²) in [6.45, 7) is 6.01. The molecule has 2 aliphatic heterocycles. The van der Waals surface area contributed by atoms with E-state index in [-0.39, 0.29) is 23.9 Å². The molecule has 2 saturated heterocycles. The van der Waals surface area contributed by atoms with E-state index in [1.807, 2.05) is 13.8 Å². The molecule has 8 nitrogen and oxygen atoms in total. The van der Waals surface area contributed by atoms with Gasteiger partial charge in [-0.15, -0.1) is 0 Å². The minimum Gasteiger partial charge on any atom is -0.481 e. The van der Waals surface area contributed by atoms with Gasteiger partial charge in [0.1, 0.15) is 11.6 Å².